The topological polar surface area (TPSA) is 17.1 Å². The second kappa shape index (κ2) is 5.80. The summed E-state index contributed by atoms with van der Waals surface area (Å²) in [6.45, 7) is 0. The van der Waals surface area contributed by atoms with Crippen molar-refractivity contribution in [2.75, 3.05) is 0 Å². The molecule has 0 N–H and O–H groups in total. The molecule has 0 aliphatic heterocycles. The number of aldehydes is 1. The van der Waals surface area contributed by atoms with E-state index in [1.165, 1.54) is 0 Å². The summed E-state index contributed by atoms with van der Waals surface area (Å²) in [6, 6.07) is 8.22. The summed E-state index contributed by atoms with van der Waals surface area (Å²) < 4.78 is 38.5. The fraction of sp³-hybridized carbons (Fsp3) is 0.300. The van der Waals surface area contributed by atoms with Crippen molar-refractivity contribution in [1.29, 1.82) is 0 Å². The van der Waals surface area contributed by atoms with Crippen LogP contribution in [0.25, 0.3) is 0 Å². The van der Waals surface area contributed by atoms with Gasteiger partial charge >= 0.3 is 0 Å². The fourth-order valence-electron chi connectivity index (χ4n) is 0.914. The number of thioether (sulfide) groups is 1. The number of carbonyl (C=O) groups excluding carboxylic acids is 1. The second-order valence-electron chi connectivity index (χ2n) is 2.81. The highest BCUT2D eigenvalue weighted by atomic mass is 32.2. The highest BCUT2D eigenvalue weighted by molar-refractivity contribution is 7.99. The van der Waals surface area contributed by atoms with Gasteiger partial charge in [-0.25, -0.2) is 13.2 Å². The molecule has 5 heteroatoms. The number of alkyl halides is 3. The number of hydrogen-bond acceptors (Lipinski definition) is 2. The van der Waals surface area contributed by atoms with E-state index in [4.69, 9.17) is 0 Å². The van der Waals surface area contributed by atoms with Crippen LogP contribution in [0, 0.1) is 0 Å². The zero-order valence-corrected chi connectivity index (χ0v) is 8.46. The molecule has 3 unspecified atom stereocenters. The number of rotatable bonds is 5. The highest BCUT2D eigenvalue weighted by Gasteiger charge is 2.30. The van der Waals surface area contributed by atoms with Crippen molar-refractivity contribution in [2.24, 2.45) is 0 Å². The third kappa shape index (κ3) is 3.58. The van der Waals surface area contributed by atoms with Crippen LogP contribution in [0.1, 0.15) is 0 Å². The fourth-order valence-corrected chi connectivity index (χ4v) is 1.77. The Hall–Kier alpha value is -0.970. The zero-order valence-electron chi connectivity index (χ0n) is 7.65. The molecule has 3 atom stereocenters. The van der Waals surface area contributed by atoms with Crippen LogP contribution in [0.15, 0.2) is 35.2 Å². The van der Waals surface area contributed by atoms with Gasteiger partial charge < -0.3 is 0 Å². The van der Waals surface area contributed by atoms with Crippen molar-refractivity contribution in [3.05, 3.63) is 30.3 Å². The van der Waals surface area contributed by atoms with E-state index in [0.717, 1.165) is 0 Å². The lowest BCUT2D eigenvalue weighted by atomic mass is 10.3. The minimum absolute atomic E-state index is 0.233. The van der Waals surface area contributed by atoms with Gasteiger partial charge in [0.1, 0.15) is 0 Å². The molecule has 0 saturated carbocycles. The Morgan fingerprint density at radius 2 is 1.73 bits per heavy atom. The Labute approximate surface area is 89.7 Å². The summed E-state index contributed by atoms with van der Waals surface area (Å²) in [4.78, 5) is 10.4. The van der Waals surface area contributed by atoms with Gasteiger partial charge in [-0.1, -0.05) is 30.0 Å². The largest absolute Gasteiger partial charge is 0.300 e. The predicted octanol–water partition coefficient (Wildman–Crippen LogP) is 2.95. The van der Waals surface area contributed by atoms with Gasteiger partial charge in [0, 0.05) is 4.90 Å². The van der Waals surface area contributed by atoms with Crippen LogP contribution in [0.3, 0.4) is 0 Å². The summed E-state index contributed by atoms with van der Waals surface area (Å²) in [6.07, 6.45) is -5.06. The van der Waals surface area contributed by atoms with Gasteiger partial charge in [0.05, 0.1) is 0 Å². The molecule has 15 heavy (non-hydrogen) atoms. The van der Waals surface area contributed by atoms with Gasteiger partial charge in [-0.05, 0) is 12.1 Å². The predicted molar refractivity (Wildman–Crippen MR) is 53.1 cm³/mol. The number of halogens is 3. The van der Waals surface area contributed by atoms with Crippen LogP contribution in [0.5, 0.6) is 0 Å². The summed E-state index contributed by atoms with van der Waals surface area (Å²) >= 11 is 0.555. The van der Waals surface area contributed by atoms with Gasteiger partial charge in [-0.3, -0.25) is 4.79 Å². The van der Waals surface area contributed by atoms with Crippen LogP contribution >= 0.6 is 11.8 Å². The van der Waals surface area contributed by atoms with Crippen LogP contribution in [0.4, 0.5) is 13.2 Å². The third-order valence-electron chi connectivity index (χ3n) is 1.68. The molecule has 82 valence electrons. The monoisotopic (exact) mass is 234 g/mol. The summed E-state index contributed by atoms with van der Waals surface area (Å²) in [5.74, 6) is 0. The van der Waals surface area contributed by atoms with Gasteiger partial charge in [-0.15, -0.1) is 0 Å². The first-order valence-corrected chi connectivity index (χ1v) is 5.12. The molecule has 0 aliphatic carbocycles. The van der Waals surface area contributed by atoms with E-state index in [1.54, 1.807) is 30.3 Å². The number of hydrogen-bond donors (Lipinski definition) is 0. The van der Waals surface area contributed by atoms with E-state index >= 15 is 0 Å². The van der Waals surface area contributed by atoms with Crippen molar-refractivity contribution in [3.63, 3.8) is 0 Å². The normalized spacial score (nSPS) is 16.7. The molecule has 0 fully saturated rings. The lowest BCUT2D eigenvalue weighted by Crippen LogP contribution is -2.26. The Bertz CT molecular complexity index is 307. The van der Waals surface area contributed by atoms with Crippen molar-refractivity contribution in [3.8, 4) is 0 Å². The Kier molecular flexibility index (Phi) is 4.68. The summed E-state index contributed by atoms with van der Waals surface area (Å²) in [5, 5.41) is 0. The van der Waals surface area contributed by atoms with E-state index in [9.17, 15) is 18.0 Å². The molecule has 0 spiro atoms. The average molecular weight is 234 g/mol. The van der Waals surface area contributed by atoms with E-state index in [0.29, 0.717) is 16.7 Å². The molecule has 1 aromatic carbocycles. The van der Waals surface area contributed by atoms with Gasteiger partial charge in [0.15, 0.2) is 24.1 Å². The van der Waals surface area contributed by atoms with Crippen LogP contribution < -0.4 is 0 Å². The van der Waals surface area contributed by atoms with E-state index in [1.807, 2.05) is 0 Å². The summed E-state index contributed by atoms with van der Waals surface area (Å²) in [7, 11) is 0. The van der Waals surface area contributed by atoms with Crippen LogP contribution in [-0.4, -0.2) is 24.1 Å². The molecule has 0 aromatic heterocycles. The number of carbonyl (C=O) groups is 1. The molecular formula is C10H9F3OS. The average Bonchev–Trinajstić information content (AvgIpc) is 2.28. The molecule has 0 saturated heterocycles. The molecule has 1 nitrogen and oxygen atoms in total. The minimum Gasteiger partial charge on any atom is -0.300 e. The highest BCUT2D eigenvalue weighted by Crippen LogP contribution is 2.29. The van der Waals surface area contributed by atoms with Gasteiger partial charge in [-0.2, -0.15) is 0 Å². The Balaban J connectivity index is 2.55. The molecular weight excluding hydrogens is 225 g/mol. The molecule has 0 aliphatic rings. The van der Waals surface area contributed by atoms with Gasteiger partial charge in [0.2, 0.25) is 0 Å². The van der Waals surface area contributed by atoms with Crippen molar-refractivity contribution < 1.29 is 18.0 Å². The smallest absolute Gasteiger partial charge is 0.190 e. The van der Waals surface area contributed by atoms with Gasteiger partial charge in [0.25, 0.3) is 0 Å². The third-order valence-corrected chi connectivity index (χ3v) is 2.71. The first-order valence-electron chi connectivity index (χ1n) is 4.24. The quantitative estimate of drug-likeness (QED) is 0.575. The molecule has 1 rings (SSSR count). The maximum absolute atomic E-state index is 13.1. The lowest BCUT2D eigenvalue weighted by molar-refractivity contribution is -0.114. The number of benzene rings is 1. The second-order valence-corrected chi connectivity index (χ2v) is 3.96. The molecule has 0 amide bonds. The van der Waals surface area contributed by atoms with Crippen molar-refractivity contribution in [1.82, 2.24) is 0 Å². The minimum atomic E-state index is -2.42. The van der Waals surface area contributed by atoms with E-state index in [-0.39, 0.29) is 6.29 Å². The maximum atomic E-state index is 13.1. The lowest BCUT2D eigenvalue weighted by Gasteiger charge is -2.13. The zero-order chi connectivity index (χ0) is 11.3. The molecule has 0 bridgehead atoms. The van der Waals surface area contributed by atoms with Crippen LogP contribution in [0.2, 0.25) is 0 Å². The molecule has 0 radical (unpaired) electrons. The van der Waals surface area contributed by atoms with E-state index < -0.39 is 17.8 Å². The van der Waals surface area contributed by atoms with E-state index in [2.05, 4.69) is 0 Å². The first-order chi connectivity index (χ1) is 7.15. The molecule has 1 aromatic rings. The molecule has 0 heterocycles. The Morgan fingerprint density at radius 1 is 1.13 bits per heavy atom. The summed E-state index contributed by atoms with van der Waals surface area (Å²) in [5.41, 5.74) is -2.08. The van der Waals surface area contributed by atoms with Crippen molar-refractivity contribution in [2.45, 2.75) is 22.7 Å². The standard InChI is InChI=1S/C10H9F3OS/c11-8(6-14)9(12)10(13)15-7-4-2-1-3-5-7/h1-6,8-10H. The van der Waals surface area contributed by atoms with Crippen molar-refractivity contribution >= 4 is 18.0 Å². The Morgan fingerprint density at radius 3 is 2.27 bits per heavy atom. The first kappa shape index (κ1) is 12.1. The SMILES string of the molecule is O=CC(F)C(F)C(F)Sc1ccccc1. The van der Waals surface area contributed by atoms with Crippen LogP contribution in [-0.2, 0) is 4.79 Å². The maximum Gasteiger partial charge on any atom is 0.190 e.